The molecule has 154 valence electrons. The number of nitrogens with zero attached hydrogens (tertiary/aromatic N) is 1. The van der Waals surface area contributed by atoms with E-state index in [1.807, 2.05) is 0 Å². The molecule has 0 aliphatic heterocycles. The van der Waals surface area contributed by atoms with Gasteiger partial charge >= 0.3 is 12.1 Å². The van der Waals surface area contributed by atoms with E-state index in [-0.39, 0.29) is 11.4 Å². The van der Waals surface area contributed by atoms with Gasteiger partial charge in [-0.1, -0.05) is 11.6 Å². The Morgan fingerprint density at radius 3 is 2.34 bits per heavy atom. The zero-order chi connectivity index (χ0) is 21.6. The quantitative estimate of drug-likeness (QED) is 0.688. The SMILES string of the molecule is CC(OC(=O)CNC(=O)c1ccc(C(F)(F)F)cc1)C(=O)Nc1ccc(Cl)cn1. The number of anilines is 1. The molecule has 0 saturated heterocycles. The van der Waals surface area contributed by atoms with Crippen molar-refractivity contribution in [2.24, 2.45) is 0 Å². The molecule has 0 saturated carbocycles. The predicted octanol–water partition coefficient (Wildman–Crippen LogP) is 3.05. The van der Waals surface area contributed by atoms with Gasteiger partial charge in [-0.25, -0.2) is 4.98 Å². The van der Waals surface area contributed by atoms with Gasteiger partial charge in [0.15, 0.2) is 6.10 Å². The number of aromatic nitrogens is 1. The third kappa shape index (κ3) is 6.75. The standard InChI is InChI=1S/C18H15ClF3N3O4/c1-10(16(27)25-14-7-6-13(19)8-23-14)29-15(26)9-24-17(28)11-2-4-12(5-3-11)18(20,21)22/h2-8,10H,9H2,1H3,(H,24,28)(H,23,25,27). The average molecular weight is 430 g/mol. The Hall–Kier alpha value is -3.14. The molecule has 2 N–H and O–H groups in total. The van der Waals surface area contributed by atoms with Crippen molar-refractivity contribution in [2.45, 2.75) is 19.2 Å². The van der Waals surface area contributed by atoms with Crippen molar-refractivity contribution >= 4 is 35.2 Å². The maximum absolute atomic E-state index is 12.5. The maximum Gasteiger partial charge on any atom is 0.416 e. The molecular formula is C18H15ClF3N3O4. The number of pyridine rings is 1. The summed E-state index contributed by atoms with van der Waals surface area (Å²) in [7, 11) is 0. The summed E-state index contributed by atoms with van der Waals surface area (Å²) >= 11 is 5.68. The predicted molar refractivity (Wildman–Crippen MR) is 97.2 cm³/mol. The molecule has 1 atom stereocenters. The molecule has 7 nitrogen and oxygen atoms in total. The largest absolute Gasteiger partial charge is 0.451 e. The minimum atomic E-state index is -4.52. The van der Waals surface area contributed by atoms with Gasteiger partial charge in [0.25, 0.3) is 11.8 Å². The van der Waals surface area contributed by atoms with Gasteiger partial charge in [-0.05, 0) is 43.3 Å². The van der Waals surface area contributed by atoms with Gasteiger partial charge in [0, 0.05) is 11.8 Å². The van der Waals surface area contributed by atoms with Crippen molar-refractivity contribution in [3.63, 3.8) is 0 Å². The Labute approximate surface area is 168 Å². The molecule has 29 heavy (non-hydrogen) atoms. The Bertz CT molecular complexity index is 887. The Balaban J connectivity index is 1.81. The normalized spacial score (nSPS) is 12.0. The van der Waals surface area contributed by atoms with Crippen molar-refractivity contribution < 1.29 is 32.3 Å². The molecule has 0 aliphatic carbocycles. The summed E-state index contributed by atoms with van der Waals surface area (Å²) in [4.78, 5) is 39.5. The molecule has 0 aliphatic rings. The maximum atomic E-state index is 12.5. The number of nitrogens with one attached hydrogen (secondary N) is 2. The lowest BCUT2D eigenvalue weighted by atomic mass is 10.1. The summed E-state index contributed by atoms with van der Waals surface area (Å²) in [6, 6.07) is 6.45. The van der Waals surface area contributed by atoms with Gasteiger partial charge in [-0.3, -0.25) is 14.4 Å². The summed E-state index contributed by atoms with van der Waals surface area (Å²) < 4.78 is 42.4. The first-order valence-corrected chi connectivity index (χ1v) is 8.51. The monoisotopic (exact) mass is 429 g/mol. The van der Waals surface area contributed by atoms with Crippen LogP contribution in [0, 0.1) is 0 Å². The van der Waals surface area contributed by atoms with Crippen molar-refractivity contribution in [1.82, 2.24) is 10.3 Å². The zero-order valence-corrected chi connectivity index (χ0v) is 15.7. The fourth-order valence-corrected chi connectivity index (χ4v) is 2.15. The van der Waals surface area contributed by atoms with Crippen LogP contribution in [0.2, 0.25) is 5.02 Å². The number of carbonyl (C=O) groups excluding carboxylic acids is 3. The third-order valence-corrected chi connectivity index (χ3v) is 3.75. The van der Waals surface area contributed by atoms with E-state index < -0.39 is 42.2 Å². The zero-order valence-electron chi connectivity index (χ0n) is 14.9. The van der Waals surface area contributed by atoms with E-state index in [0.29, 0.717) is 5.02 Å². The topological polar surface area (TPSA) is 97.4 Å². The summed E-state index contributed by atoms with van der Waals surface area (Å²) in [6.07, 6.45) is -4.37. The Kier molecular flexibility index (Phi) is 7.16. The molecule has 0 radical (unpaired) electrons. The van der Waals surface area contributed by atoms with Gasteiger partial charge in [0.05, 0.1) is 10.6 Å². The number of hydrogen-bond donors (Lipinski definition) is 2. The van der Waals surface area contributed by atoms with Crippen LogP contribution in [0.3, 0.4) is 0 Å². The van der Waals surface area contributed by atoms with E-state index >= 15 is 0 Å². The molecule has 11 heteroatoms. The number of amides is 2. The summed E-state index contributed by atoms with van der Waals surface area (Å²) in [5, 5.41) is 5.00. The molecule has 0 bridgehead atoms. The molecule has 1 aromatic carbocycles. The van der Waals surface area contributed by atoms with E-state index in [4.69, 9.17) is 16.3 Å². The van der Waals surface area contributed by atoms with E-state index in [2.05, 4.69) is 15.6 Å². The number of halogens is 4. The highest BCUT2D eigenvalue weighted by Crippen LogP contribution is 2.29. The number of esters is 1. The Morgan fingerprint density at radius 1 is 1.14 bits per heavy atom. The van der Waals surface area contributed by atoms with E-state index in [1.54, 1.807) is 0 Å². The highest BCUT2D eigenvalue weighted by Gasteiger charge is 2.30. The molecule has 2 amide bonds. The molecule has 1 heterocycles. The van der Waals surface area contributed by atoms with Crippen LogP contribution >= 0.6 is 11.6 Å². The number of ether oxygens (including phenoxy) is 1. The van der Waals surface area contributed by atoms with Crippen molar-refractivity contribution in [3.05, 3.63) is 58.7 Å². The van der Waals surface area contributed by atoms with Crippen LogP contribution in [0.25, 0.3) is 0 Å². The van der Waals surface area contributed by atoms with Crippen LogP contribution in [-0.4, -0.2) is 35.4 Å². The second kappa shape index (κ2) is 9.37. The van der Waals surface area contributed by atoms with Gasteiger partial charge < -0.3 is 15.4 Å². The number of rotatable bonds is 6. The molecule has 1 aromatic heterocycles. The van der Waals surface area contributed by atoms with Crippen molar-refractivity contribution in [1.29, 1.82) is 0 Å². The Morgan fingerprint density at radius 2 is 1.79 bits per heavy atom. The number of benzene rings is 1. The molecule has 0 spiro atoms. The van der Waals surface area contributed by atoms with Crippen molar-refractivity contribution in [3.8, 4) is 0 Å². The first kappa shape index (κ1) is 22.2. The van der Waals surface area contributed by atoms with Crippen molar-refractivity contribution in [2.75, 3.05) is 11.9 Å². The molecular weight excluding hydrogens is 415 g/mol. The highest BCUT2D eigenvalue weighted by atomic mass is 35.5. The average Bonchev–Trinajstić information content (AvgIpc) is 2.67. The van der Waals surface area contributed by atoms with Crippen LogP contribution in [0.1, 0.15) is 22.8 Å². The van der Waals surface area contributed by atoms with Crippen LogP contribution in [0.15, 0.2) is 42.6 Å². The number of hydrogen-bond acceptors (Lipinski definition) is 5. The van der Waals surface area contributed by atoms with Crippen LogP contribution in [0.5, 0.6) is 0 Å². The van der Waals surface area contributed by atoms with E-state index in [9.17, 15) is 27.6 Å². The highest BCUT2D eigenvalue weighted by molar-refractivity contribution is 6.30. The summed E-state index contributed by atoms with van der Waals surface area (Å²) in [5.41, 5.74) is -0.964. The third-order valence-electron chi connectivity index (χ3n) is 3.52. The first-order valence-electron chi connectivity index (χ1n) is 8.13. The first-order chi connectivity index (χ1) is 13.6. The lowest BCUT2D eigenvalue weighted by molar-refractivity contribution is -0.152. The van der Waals surface area contributed by atoms with Gasteiger partial charge in [0.1, 0.15) is 12.4 Å². The molecule has 0 fully saturated rings. The van der Waals surface area contributed by atoms with E-state index in [1.165, 1.54) is 25.3 Å². The van der Waals surface area contributed by atoms with Gasteiger partial charge in [-0.15, -0.1) is 0 Å². The summed E-state index contributed by atoms with van der Waals surface area (Å²) in [6.45, 7) is 0.748. The van der Waals surface area contributed by atoms with E-state index in [0.717, 1.165) is 24.3 Å². The number of carbonyl (C=O) groups is 3. The molecule has 1 unspecified atom stereocenters. The van der Waals surface area contributed by atoms with Gasteiger partial charge in [-0.2, -0.15) is 13.2 Å². The van der Waals surface area contributed by atoms with Crippen LogP contribution in [0.4, 0.5) is 19.0 Å². The second-order valence-electron chi connectivity index (χ2n) is 5.74. The molecule has 2 aromatic rings. The minimum absolute atomic E-state index is 0.0644. The fourth-order valence-electron chi connectivity index (χ4n) is 2.04. The lowest BCUT2D eigenvalue weighted by Crippen LogP contribution is -2.36. The fraction of sp³-hybridized carbons (Fsp3) is 0.222. The van der Waals surface area contributed by atoms with Gasteiger partial charge in [0.2, 0.25) is 0 Å². The smallest absolute Gasteiger partial charge is 0.416 e. The van der Waals surface area contributed by atoms with Crippen LogP contribution < -0.4 is 10.6 Å². The lowest BCUT2D eigenvalue weighted by Gasteiger charge is -2.13. The minimum Gasteiger partial charge on any atom is -0.451 e. The molecule has 2 rings (SSSR count). The van der Waals surface area contributed by atoms with Crippen LogP contribution in [-0.2, 0) is 20.5 Å². The number of alkyl halides is 3. The summed E-state index contributed by atoms with van der Waals surface area (Å²) in [5.74, 6) is -2.12. The second-order valence-corrected chi connectivity index (χ2v) is 6.18.